The molecule has 1 fully saturated rings. The van der Waals surface area contributed by atoms with E-state index in [4.69, 9.17) is 4.74 Å². The Morgan fingerprint density at radius 2 is 2.00 bits per heavy atom. The van der Waals surface area contributed by atoms with Crippen LogP contribution in [0.3, 0.4) is 0 Å². The Morgan fingerprint density at radius 3 is 2.84 bits per heavy atom. The lowest BCUT2D eigenvalue weighted by atomic mass is 10.0. The summed E-state index contributed by atoms with van der Waals surface area (Å²) in [6, 6.07) is 18.7. The molecule has 0 spiro atoms. The molecule has 6 nitrogen and oxygen atoms in total. The van der Waals surface area contributed by atoms with Crippen molar-refractivity contribution in [2.45, 2.75) is 25.4 Å². The van der Waals surface area contributed by atoms with Gasteiger partial charge >= 0.3 is 0 Å². The van der Waals surface area contributed by atoms with Crippen molar-refractivity contribution in [3.63, 3.8) is 0 Å². The molecule has 0 bridgehead atoms. The third kappa shape index (κ3) is 3.25. The number of rotatable bonds is 5. The maximum atomic E-state index is 5.38. The molecule has 0 radical (unpaired) electrons. The van der Waals surface area contributed by atoms with Gasteiger partial charge in [0.1, 0.15) is 5.75 Å². The van der Waals surface area contributed by atoms with Crippen LogP contribution in [0.1, 0.15) is 30.3 Å². The monoisotopic (exact) mass is 335 g/mol. The minimum atomic E-state index is 0.371. The van der Waals surface area contributed by atoms with Crippen molar-refractivity contribution in [3.8, 4) is 11.4 Å². The highest BCUT2D eigenvalue weighted by Crippen LogP contribution is 2.34. The van der Waals surface area contributed by atoms with E-state index >= 15 is 0 Å². The second-order valence-electron chi connectivity index (χ2n) is 6.25. The first-order valence-corrected chi connectivity index (χ1v) is 8.56. The van der Waals surface area contributed by atoms with Crippen LogP contribution in [0, 0.1) is 0 Å². The van der Waals surface area contributed by atoms with Gasteiger partial charge in [0.15, 0.2) is 5.82 Å². The van der Waals surface area contributed by atoms with Crippen LogP contribution < -0.4 is 4.74 Å². The lowest BCUT2D eigenvalue weighted by Crippen LogP contribution is -2.24. The Bertz CT molecular complexity index is 833. The first-order valence-electron chi connectivity index (χ1n) is 8.56. The third-order valence-electron chi connectivity index (χ3n) is 4.72. The van der Waals surface area contributed by atoms with Crippen molar-refractivity contribution in [2.24, 2.45) is 0 Å². The van der Waals surface area contributed by atoms with Gasteiger partial charge in [-0.2, -0.15) is 4.68 Å². The number of tetrazole rings is 1. The Morgan fingerprint density at radius 1 is 1.12 bits per heavy atom. The van der Waals surface area contributed by atoms with Crippen molar-refractivity contribution in [3.05, 3.63) is 66.0 Å². The van der Waals surface area contributed by atoms with Gasteiger partial charge in [0.2, 0.25) is 0 Å². The molecule has 1 aliphatic rings. The van der Waals surface area contributed by atoms with E-state index < -0.39 is 0 Å². The van der Waals surface area contributed by atoms with Gasteiger partial charge in [-0.25, -0.2) is 0 Å². The van der Waals surface area contributed by atoms with Crippen LogP contribution in [0.15, 0.2) is 54.6 Å². The van der Waals surface area contributed by atoms with Crippen LogP contribution in [0.5, 0.6) is 5.75 Å². The summed E-state index contributed by atoms with van der Waals surface area (Å²) in [7, 11) is 1.71. The molecule has 128 valence electrons. The Kier molecular flexibility index (Phi) is 4.43. The van der Waals surface area contributed by atoms with Gasteiger partial charge in [0.05, 0.1) is 19.3 Å². The molecule has 2 aromatic carbocycles. The van der Waals surface area contributed by atoms with Crippen molar-refractivity contribution in [1.82, 2.24) is 25.1 Å². The van der Waals surface area contributed by atoms with E-state index in [2.05, 4.69) is 38.6 Å². The zero-order chi connectivity index (χ0) is 17.1. The van der Waals surface area contributed by atoms with Crippen LogP contribution in [-0.2, 0) is 6.54 Å². The van der Waals surface area contributed by atoms with Gasteiger partial charge in [0.25, 0.3) is 0 Å². The number of benzene rings is 2. The fourth-order valence-electron chi connectivity index (χ4n) is 3.50. The van der Waals surface area contributed by atoms with Crippen molar-refractivity contribution in [1.29, 1.82) is 0 Å². The molecular formula is C19H21N5O. The summed E-state index contributed by atoms with van der Waals surface area (Å²) in [6.07, 6.45) is 2.31. The molecular weight excluding hydrogens is 314 g/mol. The average Bonchev–Trinajstić information content (AvgIpc) is 3.32. The SMILES string of the molecule is COc1cccc([C@H]2CCCN2Cc2nnnn2-c2ccccc2)c1. The van der Waals surface area contributed by atoms with E-state index in [1.165, 1.54) is 12.0 Å². The number of para-hydroxylation sites is 1. The Hall–Kier alpha value is -2.73. The van der Waals surface area contributed by atoms with Crippen molar-refractivity contribution >= 4 is 0 Å². The van der Waals surface area contributed by atoms with Gasteiger partial charge in [-0.15, -0.1) is 5.10 Å². The second-order valence-corrected chi connectivity index (χ2v) is 6.25. The molecule has 0 aliphatic carbocycles. The third-order valence-corrected chi connectivity index (χ3v) is 4.72. The predicted octanol–water partition coefficient (Wildman–Crippen LogP) is 3.01. The van der Waals surface area contributed by atoms with E-state index in [0.717, 1.165) is 36.8 Å². The van der Waals surface area contributed by atoms with E-state index in [1.54, 1.807) is 7.11 Å². The summed E-state index contributed by atoms with van der Waals surface area (Å²) in [5.74, 6) is 1.76. The fraction of sp³-hybridized carbons (Fsp3) is 0.316. The maximum absolute atomic E-state index is 5.38. The Balaban J connectivity index is 1.57. The average molecular weight is 335 g/mol. The molecule has 0 saturated carbocycles. The van der Waals surface area contributed by atoms with Gasteiger partial charge in [-0.05, 0) is 59.6 Å². The molecule has 2 heterocycles. The van der Waals surface area contributed by atoms with E-state index in [9.17, 15) is 0 Å². The highest BCUT2D eigenvalue weighted by Gasteiger charge is 2.28. The lowest BCUT2D eigenvalue weighted by molar-refractivity contribution is 0.240. The quantitative estimate of drug-likeness (QED) is 0.717. The molecule has 3 aromatic rings. The van der Waals surface area contributed by atoms with Crippen LogP contribution in [0.2, 0.25) is 0 Å². The van der Waals surface area contributed by atoms with Crippen molar-refractivity contribution < 1.29 is 4.74 Å². The molecule has 0 N–H and O–H groups in total. The molecule has 1 atom stereocenters. The van der Waals surface area contributed by atoms with Crippen LogP contribution >= 0.6 is 0 Å². The molecule has 4 rings (SSSR count). The zero-order valence-electron chi connectivity index (χ0n) is 14.2. The van der Waals surface area contributed by atoms with Crippen molar-refractivity contribution in [2.75, 3.05) is 13.7 Å². The number of aromatic nitrogens is 4. The number of methoxy groups -OCH3 is 1. The predicted molar refractivity (Wildman–Crippen MR) is 94.5 cm³/mol. The normalized spacial score (nSPS) is 17.7. The second kappa shape index (κ2) is 7.03. The molecule has 0 amide bonds. The number of hydrogen-bond donors (Lipinski definition) is 0. The summed E-state index contributed by atoms with van der Waals surface area (Å²) in [5.41, 5.74) is 2.27. The maximum Gasteiger partial charge on any atom is 0.170 e. The molecule has 1 saturated heterocycles. The van der Waals surface area contributed by atoms with Crippen LogP contribution in [-0.4, -0.2) is 38.8 Å². The molecule has 0 unspecified atom stereocenters. The zero-order valence-corrected chi connectivity index (χ0v) is 14.2. The van der Waals surface area contributed by atoms with E-state index in [0.29, 0.717) is 6.04 Å². The summed E-state index contributed by atoms with van der Waals surface area (Å²) < 4.78 is 7.20. The van der Waals surface area contributed by atoms with Gasteiger partial charge in [-0.1, -0.05) is 30.3 Å². The number of hydrogen-bond acceptors (Lipinski definition) is 5. The minimum Gasteiger partial charge on any atom is -0.497 e. The van der Waals surface area contributed by atoms with Crippen LogP contribution in [0.4, 0.5) is 0 Å². The highest BCUT2D eigenvalue weighted by atomic mass is 16.5. The van der Waals surface area contributed by atoms with Gasteiger partial charge in [-0.3, -0.25) is 4.90 Å². The van der Waals surface area contributed by atoms with Gasteiger partial charge in [0, 0.05) is 6.04 Å². The number of nitrogens with zero attached hydrogens (tertiary/aromatic N) is 5. The number of ether oxygens (including phenoxy) is 1. The van der Waals surface area contributed by atoms with E-state index in [1.807, 2.05) is 41.1 Å². The summed E-state index contributed by atoms with van der Waals surface area (Å²) in [4.78, 5) is 2.44. The topological polar surface area (TPSA) is 56.1 Å². The highest BCUT2D eigenvalue weighted by molar-refractivity contribution is 5.32. The molecule has 1 aromatic heterocycles. The van der Waals surface area contributed by atoms with Gasteiger partial charge < -0.3 is 4.74 Å². The molecule has 1 aliphatic heterocycles. The largest absolute Gasteiger partial charge is 0.497 e. The standard InChI is InChI=1S/C19H21N5O/c1-25-17-10-5-7-15(13-17)18-11-6-12-23(18)14-19-20-21-22-24(19)16-8-3-2-4-9-16/h2-5,7-10,13,18H,6,11-12,14H2,1H3/t18-/m1/s1. The summed E-state index contributed by atoms with van der Waals surface area (Å²) in [5, 5.41) is 12.3. The Labute approximate surface area is 147 Å². The van der Waals surface area contributed by atoms with E-state index in [-0.39, 0.29) is 0 Å². The number of likely N-dealkylation sites (tertiary alicyclic amines) is 1. The summed E-state index contributed by atoms with van der Waals surface area (Å²) in [6.45, 7) is 1.77. The summed E-state index contributed by atoms with van der Waals surface area (Å²) >= 11 is 0. The first kappa shape index (κ1) is 15.8. The lowest BCUT2D eigenvalue weighted by Gasteiger charge is -2.24. The smallest absolute Gasteiger partial charge is 0.170 e. The minimum absolute atomic E-state index is 0.371. The van der Waals surface area contributed by atoms with Crippen LogP contribution in [0.25, 0.3) is 5.69 Å². The fourth-order valence-corrected chi connectivity index (χ4v) is 3.50. The molecule has 25 heavy (non-hydrogen) atoms. The first-order chi connectivity index (χ1) is 12.3. The molecule has 6 heteroatoms.